The van der Waals surface area contributed by atoms with Crippen molar-refractivity contribution < 1.29 is 27.9 Å². The van der Waals surface area contributed by atoms with E-state index in [0.29, 0.717) is 0 Å². The van der Waals surface area contributed by atoms with Crippen molar-refractivity contribution in [2.45, 2.75) is 13.1 Å². The van der Waals surface area contributed by atoms with Gasteiger partial charge in [0.1, 0.15) is 5.56 Å². The van der Waals surface area contributed by atoms with Crippen LogP contribution in [0.25, 0.3) is 5.69 Å². The van der Waals surface area contributed by atoms with E-state index in [2.05, 4.69) is 15.9 Å². The molecule has 0 unspecified atom stereocenters. The van der Waals surface area contributed by atoms with Crippen molar-refractivity contribution in [2.75, 3.05) is 5.33 Å². The van der Waals surface area contributed by atoms with E-state index in [1.54, 1.807) is 0 Å². The normalized spacial score (nSPS) is 11.4. The quantitative estimate of drug-likeness (QED) is 0.610. The van der Waals surface area contributed by atoms with Gasteiger partial charge in [-0.15, -0.1) is 0 Å². The van der Waals surface area contributed by atoms with Crippen molar-refractivity contribution >= 4 is 27.7 Å². The smallest absolute Gasteiger partial charge is 0.416 e. The second kappa shape index (κ2) is 6.83. The summed E-state index contributed by atoms with van der Waals surface area (Å²) in [5, 5.41) is 9.04. The lowest BCUT2D eigenvalue weighted by Gasteiger charge is -2.16. The number of halogens is 4. The topological polar surface area (TPSA) is 76.4 Å². The zero-order chi connectivity index (χ0) is 18.9. The second-order valence-corrected chi connectivity index (χ2v) is 5.67. The third-order valence-corrected chi connectivity index (χ3v) is 4.04. The molecule has 0 saturated carbocycles. The number of benzene rings is 1. The first-order chi connectivity index (χ1) is 11.6. The molecule has 25 heavy (non-hydrogen) atoms. The molecule has 0 saturated heterocycles. The Hall–Kier alpha value is -2.42. The largest absolute Gasteiger partial charge is 0.477 e. The number of aromatic nitrogens is 1. The van der Waals surface area contributed by atoms with E-state index in [0.717, 1.165) is 28.8 Å². The van der Waals surface area contributed by atoms with Gasteiger partial charge in [-0.3, -0.25) is 14.2 Å². The predicted octanol–water partition coefficient (Wildman–Crippen LogP) is 3.44. The van der Waals surface area contributed by atoms with Gasteiger partial charge in [0, 0.05) is 16.9 Å². The van der Waals surface area contributed by atoms with E-state index in [4.69, 9.17) is 0 Å². The Labute approximate surface area is 147 Å². The number of hydrogen-bond donors (Lipinski definition) is 1. The highest BCUT2D eigenvalue weighted by atomic mass is 79.9. The summed E-state index contributed by atoms with van der Waals surface area (Å²) >= 11 is 2.95. The molecule has 1 N–H and O–H groups in total. The van der Waals surface area contributed by atoms with E-state index in [9.17, 15) is 32.7 Å². The lowest BCUT2D eigenvalue weighted by molar-refractivity contribution is -0.137. The number of rotatable bonds is 4. The van der Waals surface area contributed by atoms with Gasteiger partial charge in [0.2, 0.25) is 0 Å². The Morgan fingerprint density at radius 3 is 2.36 bits per heavy atom. The van der Waals surface area contributed by atoms with Crippen LogP contribution < -0.4 is 5.56 Å². The van der Waals surface area contributed by atoms with Gasteiger partial charge in [-0.2, -0.15) is 13.2 Å². The van der Waals surface area contributed by atoms with Gasteiger partial charge < -0.3 is 5.11 Å². The molecule has 1 heterocycles. The summed E-state index contributed by atoms with van der Waals surface area (Å²) in [6.45, 7) is 1.36. The lowest BCUT2D eigenvalue weighted by atomic mass is 10.1. The molecule has 0 bridgehead atoms. The maximum atomic E-state index is 12.9. The molecule has 0 aliphatic rings. The minimum absolute atomic E-state index is 0.0544. The van der Waals surface area contributed by atoms with Gasteiger partial charge >= 0.3 is 12.1 Å². The van der Waals surface area contributed by atoms with Crippen LogP contribution in [0.15, 0.2) is 35.1 Å². The molecule has 1 aromatic carbocycles. The SMILES string of the molecule is Cc1c(C(=O)CBr)cc(C(=O)O)c(=O)n1-c1cccc(C(F)(F)F)c1. The Bertz CT molecular complexity index is 919. The second-order valence-electron chi connectivity index (χ2n) is 5.11. The molecule has 132 valence electrons. The molecule has 0 atom stereocenters. The summed E-state index contributed by atoms with van der Waals surface area (Å²) in [6, 6.07) is 4.83. The maximum absolute atomic E-state index is 12.9. The van der Waals surface area contributed by atoms with Crippen molar-refractivity contribution in [2.24, 2.45) is 0 Å². The molecular weight excluding hydrogens is 407 g/mol. The molecule has 0 spiro atoms. The van der Waals surface area contributed by atoms with Crippen LogP contribution in [-0.2, 0) is 6.18 Å². The third kappa shape index (κ3) is 3.65. The van der Waals surface area contributed by atoms with Crippen molar-refractivity contribution in [3.05, 3.63) is 63.1 Å². The number of carboxylic acid groups (broad SMARTS) is 1. The van der Waals surface area contributed by atoms with E-state index >= 15 is 0 Å². The molecule has 2 rings (SSSR count). The predicted molar refractivity (Wildman–Crippen MR) is 86.9 cm³/mol. The third-order valence-electron chi connectivity index (χ3n) is 3.53. The highest BCUT2D eigenvalue weighted by Gasteiger charge is 2.31. The lowest BCUT2D eigenvalue weighted by Crippen LogP contribution is -2.29. The van der Waals surface area contributed by atoms with E-state index in [-0.39, 0.29) is 22.3 Å². The summed E-state index contributed by atoms with van der Waals surface area (Å²) in [5.74, 6) is -2.07. The molecule has 0 fully saturated rings. The molecule has 9 heteroatoms. The Balaban J connectivity index is 2.85. The highest BCUT2D eigenvalue weighted by Crippen LogP contribution is 2.30. The number of nitrogens with zero attached hydrogens (tertiary/aromatic N) is 1. The number of aromatic carboxylic acids is 1. The fourth-order valence-electron chi connectivity index (χ4n) is 2.34. The Morgan fingerprint density at radius 1 is 1.20 bits per heavy atom. The molecule has 1 aromatic heterocycles. The van der Waals surface area contributed by atoms with Crippen LogP contribution in [0.5, 0.6) is 0 Å². The molecule has 2 aromatic rings. The molecule has 0 amide bonds. The molecule has 0 aliphatic carbocycles. The van der Waals surface area contributed by atoms with Gasteiger partial charge in [0.25, 0.3) is 5.56 Å². The molecule has 0 aliphatic heterocycles. The average Bonchev–Trinajstić information content (AvgIpc) is 2.53. The molecule has 5 nitrogen and oxygen atoms in total. The van der Waals surface area contributed by atoms with Crippen molar-refractivity contribution in [3.8, 4) is 5.69 Å². The highest BCUT2D eigenvalue weighted by molar-refractivity contribution is 9.09. The van der Waals surface area contributed by atoms with Gasteiger partial charge in [-0.05, 0) is 31.2 Å². The van der Waals surface area contributed by atoms with Crippen LogP contribution in [0.3, 0.4) is 0 Å². The van der Waals surface area contributed by atoms with Crippen LogP contribution in [-0.4, -0.2) is 26.8 Å². The van der Waals surface area contributed by atoms with Crippen LogP contribution in [0.1, 0.15) is 32.0 Å². The average molecular weight is 418 g/mol. The number of ketones is 1. The van der Waals surface area contributed by atoms with Gasteiger partial charge in [-0.1, -0.05) is 22.0 Å². The number of Topliss-reactive ketones (excluding diaryl/α,β-unsaturated/α-hetero) is 1. The van der Waals surface area contributed by atoms with Crippen molar-refractivity contribution in [1.29, 1.82) is 0 Å². The van der Waals surface area contributed by atoms with Crippen LogP contribution in [0.4, 0.5) is 13.2 Å². The van der Waals surface area contributed by atoms with Crippen molar-refractivity contribution in [3.63, 3.8) is 0 Å². The standard InChI is InChI=1S/C16H11BrF3NO4/c1-8-11(13(22)7-17)6-12(15(24)25)14(23)21(8)10-4-2-3-9(5-10)16(18,19)20/h2-6H,7H2,1H3,(H,24,25). The zero-order valence-corrected chi connectivity index (χ0v) is 14.3. The zero-order valence-electron chi connectivity index (χ0n) is 12.7. The minimum Gasteiger partial charge on any atom is -0.477 e. The fourth-order valence-corrected chi connectivity index (χ4v) is 2.65. The Kier molecular flexibility index (Phi) is 5.17. The summed E-state index contributed by atoms with van der Waals surface area (Å²) in [6.07, 6.45) is -4.63. The number of hydrogen-bond acceptors (Lipinski definition) is 3. The molecular formula is C16H11BrF3NO4. The first-order valence-corrected chi connectivity index (χ1v) is 7.96. The summed E-state index contributed by atoms with van der Waals surface area (Å²) in [4.78, 5) is 35.7. The van der Waals surface area contributed by atoms with Gasteiger partial charge in [0.15, 0.2) is 5.78 Å². The van der Waals surface area contributed by atoms with E-state index in [1.165, 1.54) is 13.0 Å². The number of carbonyl (C=O) groups is 2. The van der Waals surface area contributed by atoms with Gasteiger partial charge in [0.05, 0.1) is 10.9 Å². The number of alkyl halides is 4. The number of carbonyl (C=O) groups excluding carboxylic acids is 1. The van der Waals surface area contributed by atoms with Crippen LogP contribution >= 0.6 is 15.9 Å². The first kappa shape index (κ1) is 18.9. The number of pyridine rings is 1. The summed E-state index contributed by atoms with van der Waals surface area (Å²) < 4.78 is 39.5. The fraction of sp³-hybridized carbons (Fsp3) is 0.188. The van der Waals surface area contributed by atoms with Crippen LogP contribution in [0, 0.1) is 6.92 Å². The van der Waals surface area contributed by atoms with Gasteiger partial charge in [-0.25, -0.2) is 4.79 Å². The monoisotopic (exact) mass is 417 g/mol. The Morgan fingerprint density at radius 2 is 1.84 bits per heavy atom. The maximum Gasteiger partial charge on any atom is 0.416 e. The minimum atomic E-state index is -4.63. The summed E-state index contributed by atoms with van der Waals surface area (Å²) in [5.41, 5.74) is -2.90. The van der Waals surface area contributed by atoms with Crippen LogP contribution in [0.2, 0.25) is 0 Å². The first-order valence-electron chi connectivity index (χ1n) is 6.84. The molecule has 0 radical (unpaired) electrons. The van der Waals surface area contributed by atoms with Crippen molar-refractivity contribution in [1.82, 2.24) is 4.57 Å². The van der Waals surface area contributed by atoms with E-state index in [1.807, 2.05) is 0 Å². The van der Waals surface area contributed by atoms with E-state index < -0.39 is 34.6 Å². The number of carboxylic acids is 1. The summed E-state index contributed by atoms with van der Waals surface area (Å²) in [7, 11) is 0.